The number of carboxylic acids is 1. The first-order chi connectivity index (χ1) is 12.1. The highest BCUT2D eigenvalue weighted by Crippen LogP contribution is 2.32. The minimum absolute atomic E-state index is 0.496. The van der Waals surface area contributed by atoms with Crippen LogP contribution in [0.2, 0.25) is 0 Å². The summed E-state index contributed by atoms with van der Waals surface area (Å²) in [5, 5.41) is 9.63. The molecule has 0 aromatic rings. The predicted octanol–water partition coefficient (Wildman–Crippen LogP) is 8.14. The largest absolute Gasteiger partial charge is 0.481 e. The van der Waals surface area contributed by atoms with E-state index in [4.69, 9.17) is 0 Å². The van der Waals surface area contributed by atoms with E-state index in [1.165, 1.54) is 89.9 Å². The van der Waals surface area contributed by atoms with Gasteiger partial charge in [-0.15, -0.1) is 0 Å². The van der Waals surface area contributed by atoms with Gasteiger partial charge in [0.1, 0.15) is 0 Å². The topological polar surface area (TPSA) is 37.3 Å². The van der Waals surface area contributed by atoms with Crippen LogP contribution in [0.15, 0.2) is 0 Å². The normalized spacial score (nSPS) is 11.8. The molecule has 0 aromatic heterocycles. The maximum Gasteiger partial charge on any atom is 0.309 e. The number of hydrogen-bond acceptors (Lipinski definition) is 1. The highest BCUT2D eigenvalue weighted by molar-refractivity contribution is 5.74. The van der Waals surface area contributed by atoms with E-state index in [2.05, 4.69) is 13.8 Å². The highest BCUT2D eigenvalue weighted by Gasteiger charge is 2.31. The lowest BCUT2D eigenvalue weighted by atomic mass is 9.80. The molecule has 0 saturated carbocycles. The molecular formula is C23H46O2. The van der Waals surface area contributed by atoms with Crippen molar-refractivity contribution in [3.8, 4) is 0 Å². The van der Waals surface area contributed by atoms with Crippen molar-refractivity contribution in [1.29, 1.82) is 0 Å². The average molecular weight is 355 g/mol. The number of carboxylic acid groups (broad SMARTS) is 1. The summed E-state index contributed by atoms with van der Waals surface area (Å²) < 4.78 is 0. The molecule has 0 aromatic carbocycles. The highest BCUT2D eigenvalue weighted by atomic mass is 16.4. The van der Waals surface area contributed by atoms with Gasteiger partial charge < -0.3 is 5.11 Å². The molecule has 0 fully saturated rings. The fourth-order valence-electron chi connectivity index (χ4n) is 3.64. The standard InChI is InChI=1S/C23H46O2/c1-4-6-8-10-12-14-16-18-20-23(3,22(24)25)21-19-17-15-13-11-9-7-5-2/h4-21H2,1-3H3,(H,24,25). The van der Waals surface area contributed by atoms with E-state index in [0.29, 0.717) is 0 Å². The smallest absolute Gasteiger partial charge is 0.309 e. The van der Waals surface area contributed by atoms with Crippen molar-refractivity contribution in [2.75, 3.05) is 0 Å². The Bertz CT molecular complexity index is 278. The van der Waals surface area contributed by atoms with Crippen LogP contribution in [0.5, 0.6) is 0 Å². The van der Waals surface area contributed by atoms with Crippen molar-refractivity contribution in [3.63, 3.8) is 0 Å². The Morgan fingerprint density at radius 2 is 0.880 bits per heavy atom. The van der Waals surface area contributed by atoms with E-state index >= 15 is 0 Å². The molecule has 0 aliphatic carbocycles. The fourth-order valence-corrected chi connectivity index (χ4v) is 3.64. The maximum absolute atomic E-state index is 11.7. The summed E-state index contributed by atoms with van der Waals surface area (Å²) in [7, 11) is 0. The molecular weight excluding hydrogens is 308 g/mol. The fraction of sp³-hybridized carbons (Fsp3) is 0.957. The Labute approximate surface area is 158 Å². The minimum atomic E-state index is -0.585. The molecule has 0 spiro atoms. The first-order valence-electron chi connectivity index (χ1n) is 11.3. The predicted molar refractivity (Wildman–Crippen MR) is 110 cm³/mol. The molecule has 0 atom stereocenters. The summed E-state index contributed by atoms with van der Waals surface area (Å²) in [6.45, 7) is 6.47. The lowest BCUT2D eigenvalue weighted by molar-refractivity contribution is -0.149. The first-order valence-corrected chi connectivity index (χ1v) is 11.3. The second-order valence-electron chi connectivity index (χ2n) is 8.32. The second kappa shape index (κ2) is 16.9. The summed E-state index contributed by atoms with van der Waals surface area (Å²) >= 11 is 0. The third-order valence-electron chi connectivity index (χ3n) is 5.68. The Hall–Kier alpha value is -0.530. The number of aliphatic carboxylic acids is 1. The molecule has 25 heavy (non-hydrogen) atoms. The molecule has 0 bridgehead atoms. The Morgan fingerprint density at radius 1 is 0.600 bits per heavy atom. The maximum atomic E-state index is 11.7. The van der Waals surface area contributed by atoms with Gasteiger partial charge in [0.2, 0.25) is 0 Å². The summed E-state index contributed by atoms with van der Waals surface area (Å²) in [6, 6.07) is 0. The summed E-state index contributed by atoms with van der Waals surface area (Å²) in [5.41, 5.74) is -0.496. The van der Waals surface area contributed by atoms with Crippen molar-refractivity contribution in [2.24, 2.45) is 5.41 Å². The molecule has 0 unspecified atom stereocenters. The molecule has 0 saturated heterocycles. The van der Waals surface area contributed by atoms with Gasteiger partial charge in [0.15, 0.2) is 0 Å². The van der Waals surface area contributed by atoms with Gasteiger partial charge in [-0.25, -0.2) is 0 Å². The SMILES string of the molecule is CCCCCCCCCCC(C)(CCCCCCCCCC)C(=O)O. The Balaban J connectivity index is 3.73. The van der Waals surface area contributed by atoms with Crippen LogP contribution in [0.25, 0.3) is 0 Å². The molecule has 2 heteroatoms. The van der Waals surface area contributed by atoms with Crippen LogP contribution in [0.4, 0.5) is 0 Å². The van der Waals surface area contributed by atoms with Gasteiger partial charge in [0.25, 0.3) is 0 Å². The van der Waals surface area contributed by atoms with Gasteiger partial charge in [0, 0.05) is 0 Å². The van der Waals surface area contributed by atoms with E-state index in [9.17, 15) is 9.90 Å². The second-order valence-corrected chi connectivity index (χ2v) is 8.32. The zero-order valence-electron chi connectivity index (χ0n) is 17.6. The number of hydrogen-bond donors (Lipinski definition) is 1. The van der Waals surface area contributed by atoms with Crippen molar-refractivity contribution in [2.45, 2.75) is 136 Å². The van der Waals surface area contributed by atoms with E-state index < -0.39 is 11.4 Å². The van der Waals surface area contributed by atoms with Crippen molar-refractivity contribution in [3.05, 3.63) is 0 Å². The molecule has 0 aliphatic heterocycles. The zero-order chi connectivity index (χ0) is 18.8. The minimum Gasteiger partial charge on any atom is -0.481 e. The average Bonchev–Trinajstić information content (AvgIpc) is 2.59. The molecule has 2 nitrogen and oxygen atoms in total. The summed E-state index contributed by atoms with van der Waals surface area (Å²) in [5.74, 6) is -0.585. The molecule has 0 aliphatic rings. The van der Waals surface area contributed by atoms with Crippen molar-refractivity contribution < 1.29 is 9.90 Å². The molecule has 0 heterocycles. The first kappa shape index (κ1) is 24.5. The molecule has 150 valence electrons. The van der Waals surface area contributed by atoms with Gasteiger partial charge in [-0.05, 0) is 19.8 Å². The van der Waals surface area contributed by atoms with Crippen LogP contribution in [0.3, 0.4) is 0 Å². The van der Waals surface area contributed by atoms with Crippen LogP contribution in [0.1, 0.15) is 136 Å². The van der Waals surface area contributed by atoms with Gasteiger partial charge in [-0.1, -0.05) is 117 Å². The lowest BCUT2D eigenvalue weighted by Crippen LogP contribution is -2.27. The van der Waals surface area contributed by atoms with E-state index in [-0.39, 0.29) is 0 Å². The Kier molecular flexibility index (Phi) is 16.6. The van der Waals surface area contributed by atoms with E-state index in [1.807, 2.05) is 6.92 Å². The van der Waals surface area contributed by atoms with E-state index in [0.717, 1.165) is 25.7 Å². The van der Waals surface area contributed by atoms with E-state index in [1.54, 1.807) is 0 Å². The lowest BCUT2D eigenvalue weighted by Gasteiger charge is -2.24. The van der Waals surface area contributed by atoms with Crippen LogP contribution in [0, 0.1) is 5.41 Å². The number of unbranched alkanes of at least 4 members (excludes halogenated alkanes) is 14. The van der Waals surface area contributed by atoms with Crippen LogP contribution >= 0.6 is 0 Å². The Morgan fingerprint density at radius 3 is 1.16 bits per heavy atom. The van der Waals surface area contributed by atoms with Crippen LogP contribution < -0.4 is 0 Å². The van der Waals surface area contributed by atoms with Gasteiger partial charge in [0.05, 0.1) is 5.41 Å². The molecule has 0 amide bonds. The third-order valence-corrected chi connectivity index (χ3v) is 5.68. The quantitative estimate of drug-likeness (QED) is 0.238. The summed E-state index contributed by atoms with van der Waals surface area (Å²) in [6.07, 6.45) is 22.2. The third kappa shape index (κ3) is 14.3. The van der Waals surface area contributed by atoms with Gasteiger partial charge in [-0.3, -0.25) is 4.79 Å². The van der Waals surface area contributed by atoms with Crippen molar-refractivity contribution in [1.82, 2.24) is 0 Å². The number of carbonyl (C=O) groups is 1. The van der Waals surface area contributed by atoms with Gasteiger partial charge >= 0.3 is 5.97 Å². The van der Waals surface area contributed by atoms with Gasteiger partial charge in [-0.2, -0.15) is 0 Å². The van der Waals surface area contributed by atoms with Crippen LogP contribution in [-0.2, 0) is 4.79 Å². The zero-order valence-corrected chi connectivity index (χ0v) is 17.6. The molecule has 1 N–H and O–H groups in total. The number of rotatable bonds is 19. The molecule has 0 radical (unpaired) electrons. The summed E-state index contributed by atoms with van der Waals surface area (Å²) in [4.78, 5) is 11.7. The van der Waals surface area contributed by atoms with Crippen molar-refractivity contribution >= 4 is 5.97 Å². The monoisotopic (exact) mass is 354 g/mol. The molecule has 0 rings (SSSR count). The van der Waals surface area contributed by atoms with Crippen LogP contribution in [-0.4, -0.2) is 11.1 Å².